The van der Waals surface area contributed by atoms with Crippen molar-refractivity contribution in [2.45, 2.75) is 20.0 Å². The molecule has 2 rings (SSSR count). The van der Waals surface area contributed by atoms with Gasteiger partial charge in [0, 0.05) is 6.07 Å². The Hall–Kier alpha value is -1.96. The van der Waals surface area contributed by atoms with Gasteiger partial charge in [0.05, 0.1) is 10.6 Å². The van der Waals surface area contributed by atoms with Crippen LogP contribution < -0.4 is 15.2 Å². The van der Waals surface area contributed by atoms with Crippen LogP contribution in [-0.4, -0.2) is 21.1 Å². The van der Waals surface area contributed by atoms with Gasteiger partial charge >= 0.3 is 12.0 Å². The Morgan fingerprint density at radius 2 is 1.90 bits per heavy atom. The maximum absolute atomic E-state index is 13.4. The predicted octanol–water partition coefficient (Wildman–Crippen LogP) is 2.93. The minimum atomic E-state index is -0.455. The fraction of sp³-hybridized carbons (Fsp3) is 0.250. The quantitative estimate of drug-likeness (QED) is 0.919. The molecule has 0 bridgehead atoms. The van der Waals surface area contributed by atoms with E-state index in [0.717, 1.165) is 0 Å². The molecule has 0 aliphatic heterocycles. The van der Waals surface area contributed by atoms with E-state index in [1.54, 1.807) is 6.07 Å². The highest BCUT2D eigenvalue weighted by molar-refractivity contribution is 9.10. The summed E-state index contributed by atoms with van der Waals surface area (Å²) in [7, 11) is 0. The Kier molecular flexibility index (Phi) is 4.33. The fourth-order valence-corrected chi connectivity index (χ4v) is 1.55. The third kappa shape index (κ3) is 3.77. The van der Waals surface area contributed by atoms with Crippen LogP contribution in [0.2, 0.25) is 0 Å². The minimum absolute atomic E-state index is 0.0387. The van der Waals surface area contributed by atoms with Gasteiger partial charge in [-0.1, -0.05) is 0 Å². The van der Waals surface area contributed by atoms with Crippen LogP contribution in [0.5, 0.6) is 17.8 Å². The molecule has 0 saturated carbocycles. The van der Waals surface area contributed by atoms with Crippen LogP contribution in [0.25, 0.3) is 0 Å². The molecule has 0 unspecified atom stereocenters. The van der Waals surface area contributed by atoms with Crippen LogP contribution in [0, 0.1) is 5.82 Å². The van der Waals surface area contributed by atoms with Crippen LogP contribution in [0.1, 0.15) is 13.8 Å². The monoisotopic (exact) mass is 342 g/mol. The molecule has 2 N–H and O–H groups in total. The normalized spacial score (nSPS) is 10.7. The second-order valence-corrected chi connectivity index (χ2v) is 4.96. The number of halogens is 2. The second kappa shape index (κ2) is 6.00. The van der Waals surface area contributed by atoms with Gasteiger partial charge in [0.25, 0.3) is 0 Å². The number of hydrogen-bond donors (Lipinski definition) is 1. The summed E-state index contributed by atoms with van der Waals surface area (Å²) in [6.45, 7) is 3.65. The number of nitrogens with zero attached hydrogens (tertiary/aromatic N) is 3. The second-order valence-electron chi connectivity index (χ2n) is 4.10. The molecular weight excluding hydrogens is 331 g/mol. The first kappa shape index (κ1) is 14.4. The zero-order valence-corrected chi connectivity index (χ0v) is 12.4. The largest absolute Gasteiger partial charge is 0.461 e. The molecule has 8 heteroatoms. The Labute approximate surface area is 123 Å². The summed E-state index contributed by atoms with van der Waals surface area (Å²) in [5, 5.41) is 0. The van der Waals surface area contributed by atoms with Crippen LogP contribution >= 0.6 is 15.9 Å². The molecule has 6 nitrogen and oxygen atoms in total. The number of hydrogen-bond acceptors (Lipinski definition) is 6. The van der Waals surface area contributed by atoms with E-state index in [-0.39, 0.29) is 29.8 Å². The van der Waals surface area contributed by atoms with Crippen molar-refractivity contribution in [3.63, 3.8) is 0 Å². The Morgan fingerprint density at radius 3 is 2.55 bits per heavy atom. The average Bonchev–Trinajstić information content (AvgIpc) is 2.32. The molecular formula is C12H12BrFN4O2. The van der Waals surface area contributed by atoms with Gasteiger partial charge in [0.2, 0.25) is 5.95 Å². The van der Waals surface area contributed by atoms with Gasteiger partial charge < -0.3 is 15.2 Å². The van der Waals surface area contributed by atoms with Crippen molar-refractivity contribution in [1.29, 1.82) is 0 Å². The topological polar surface area (TPSA) is 83.2 Å². The molecule has 1 aromatic heterocycles. The van der Waals surface area contributed by atoms with E-state index < -0.39 is 5.82 Å². The summed E-state index contributed by atoms with van der Waals surface area (Å²) in [5.74, 6) is -0.252. The SMILES string of the molecule is CC(C)Oc1nc(N)nc(Oc2ccc(Br)c(F)c2)n1. The van der Waals surface area contributed by atoms with Crippen molar-refractivity contribution in [1.82, 2.24) is 15.0 Å². The molecule has 106 valence electrons. The van der Waals surface area contributed by atoms with Gasteiger partial charge in [-0.2, -0.15) is 9.97 Å². The van der Waals surface area contributed by atoms with E-state index in [9.17, 15) is 4.39 Å². The lowest BCUT2D eigenvalue weighted by Crippen LogP contribution is -2.11. The molecule has 1 heterocycles. The number of aromatic nitrogens is 3. The maximum Gasteiger partial charge on any atom is 0.330 e. The highest BCUT2D eigenvalue weighted by Gasteiger charge is 2.10. The van der Waals surface area contributed by atoms with Crippen LogP contribution in [0.15, 0.2) is 22.7 Å². The van der Waals surface area contributed by atoms with Gasteiger partial charge in [0.1, 0.15) is 11.6 Å². The third-order valence-corrected chi connectivity index (χ3v) is 2.70. The Balaban J connectivity index is 2.24. The first-order valence-electron chi connectivity index (χ1n) is 5.75. The van der Waals surface area contributed by atoms with Gasteiger partial charge in [-0.15, -0.1) is 4.98 Å². The molecule has 0 atom stereocenters. The van der Waals surface area contributed by atoms with Gasteiger partial charge in [-0.25, -0.2) is 4.39 Å². The maximum atomic E-state index is 13.4. The lowest BCUT2D eigenvalue weighted by atomic mass is 10.3. The van der Waals surface area contributed by atoms with E-state index >= 15 is 0 Å². The first-order chi connectivity index (χ1) is 9.44. The number of nitrogens with two attached hydrogens (primary N) is 1. The first-order valence-corrected chi connectivity index (χ1v) is 6.54. The summed E-state index contributed by atoms with van der Waals surface area (Å²) < 4.78 is 24.4. The molecule has 0 aliphatic carbocycles. The predicted molar refractivity (Wildman–Crippen MR) is 74.2 cm³/mol. The van der Waals surface area contributed by atoms with Crippen LogP contribution in [0.4, 0.5) is 10.3 Å². The average molecular weight is 343 g/mol. The molecule has 0 aliphatic rings. The zero-order valence-electron chi connectivity index (χ0n) is 10.8. The minimum Gasteiger partial charge on any atom is -0.461 e. The van der Waals surface area contributed by atoms with Gasteiger partial charge in [0.15, 0.2) is 0 Å². The van der Waals surface area contributed by atoms with Crippen molar-refractivity contribution >= 4 is 21.9 Å². The van der Waals surface area contributed by atoms with E-state index in [0.29, 0.717) is 4.47 Å². The molecule has 0 radical (unpaired) electrons. The highest BCUT2D eigenvalue weighted by Crippen LogP contribution is 2.24. The van der Waals surface area contributed by atoms with E-state index in [1.807, 2.05) is 13.8 Å². The molecule has 0 fully saturated rings. The van der Waals surface area contributed by atoms with Gasteiger partial charge in [-0.3, -0.25) is 0 Å². The molecule has 0 spiro atoms. The molecule has 20 heavy (non-hydrogen) atoms. The molecule has 1 aromatic carbocycles. The summed E-state index contributed by atoms with van der Waals surface area (Å²) in [6, 6.07) is 4.28. The van der Waals surface area contributed by atoms with E-state index in [1.165, 1.54) is 12.1 Å². The Bertz CT molecular complexity index is 624. The summed E-state index contributed by atoms with van der Waals surface area (Å²) in [5.41, 5.74) is 5.54. The van der Waals surface area contributed by atoms with E-state index in [4.69, 9.17) is 15.2 Å². The molecule has 0 saturated heterocycles. The highest BCUT2D eigenvalue weighted by atomic mass is 79.9. The van der Waals surface area contributed by atoms with Crippen molar-refractivity contribution in [3.8, 4) is 17.8 Å². The smallest absolute Gasteiger partial charge is 0.330 e. The van der Waals surface area contributed by atoms with Crippen LogP contribution in [-0.2, 0) is 0 Å². The van der Waals surface area contributed by atoms with Crippen molar-refractivity contribution < 1.29 is 13.9 Å². The summed E-state index contributed by atoms with van der Waals surface area (Å²) in [6.07, 6.45) is -0.116. The number of nitrogen functional groups attached to an aromatic ring is 1. The van der Waals surface area contributed by atoms with Crippen molar-refractivity contribution in [3.05, 3.63) is 28.5 Å². The number of benzene rings is 1. The van der Waals surface area contributed by atoms with Crippen LogP contribution in [0.3, 0.4) is 0 Å². The van der Waals surface area contributed by atoms with Crippen molar-refractivity contribution in [2.24, 2.45) is 0 Å². The lowest BCUT2D eigenvalue weighted by Gasteiger charge is -2.09. The Morgan fingerprint density at radius 1 is 1.20 bits per heavy atom. The van der Waals surface area contributed by atoms with E-state index in [2.05, 4.69) is 30.9 Å². The molecule has 2 aromatic rings. The summed E-state index contributed by atoms with van der Waals surface area (Å²) in [4.78, 5) is 11.6. The third-order valence-electron chi connectivity index (χ3n) is 2.05. The standard InChI is InChI=1S/C12H12BrFN4O2/c1-6(2)19-11-16-10(15)17-12(18-11)20-7-3-4-8(13)9(14)5-7/h3-6H,1-2H3,(H2,15,16,17,18). The van der Waals surface area contributed by atoms with Gasteiger partial charge in [-0.05, 0) is 41.9 Å². The fourth-order valence-electron chi connectivity index (χ4n) is 1.31. The molecule has 0 amide bonds. The zero-order chi connectivity index (χ0) is 14.7. The number of ether oxygens (including phenoxy) is 2. The van der Waals surface area contributed by atoms with Crippen molar-refractivity contribution in [2.75, 3.05) is 5.73 Å². The lowest BCUT2D eigenvalue weighted by molar-refractivity contribution is 0.219. The number of anilines is 1. The number of rotatable bonds is 4. The summed E-state index contributed by atoms with van der Waals surface area (Å²) >= 11 is 3.05.